The zero-order valence-electron chi connectivity index (χ0n) is 20.8. The van der Waals surface area contributed by atoms with Gasteiger partial charge in [0.1, 0.15) is 0 Å². The fourth-order valence-corrected chi connectivity index (χ4v) is 6.01. The second-order valence-corrected chi connectivity index (χ2v) is 9.32. The molecule has 6 rings (SSSR count). The second-order valence-electron chi connectivity index (χ2n) is 9.32. The topological polar surface area (TPSA) is 116 Å². The first-order valence-electron chi connectivity index (χ1n) is 11.8. The normalized spacial score (nSPS) is 15.7. The number of fused-ring (bicyclic) bond motifs is 10. The Hall–Kier alpha value is -4.90. The third kappa shape index (κ3) is 2.91. The van der Waals surface area contributed by atoms with E-state index in [1.165, 1.54) is 11.1 Å². The highest BCUT2D eigenvalue weighted by Gasteiger charge is 2.52. The van der Waals surface area contributed by atoms with E-state index in [-0.39, 0.29) is 0 Å². The second kappa shape index (κ2) is 8.07. The average Bonchev–Trinajstić information content (AvgIpc) is 3.33. The Bertz CT molecular complexity index is 1750. The van der Waals surface area contributed by atoms with Crippen molar-refractivity contribution in [2.45, 2.75) is 19.3 Å². The van der Waals surface area contributed by atoms with Gasteiger partial charge in [-0.2, -0.15) is 0 Å². The van der Waals surface area contributed by atoms with Gasteiger partial charge in [-0.15, -0.1) is 0 Å². The molecule has 0 radical (unpaired) electrons. The maximum Gasteiger partial charge on any atom is 0.161 e. The van der Waals surface area contributed by atoms with Gasteiger partial charge in [-0.05, 0) is 105 Å². The van der Waals surface area contributed by atoms with Crippen molar-refractivity contribution in [3.8, 4) is 33.8 Å². The van der Waals surface area contributed by atoms with E-state index in [0.717, 1.165) is 44.5 Å². The van der Waals surface area contributed by atoms with E-state index in [1.54, 1.807) is 14.2 Å². The Morgan fingerprint density at radius 1 is 0.595 bits per heavy atom. The summed E-state index contributed by atoms with van der Waals surface area (Å²) in [6.07, 6.45) is 0. The van der Waals surface area contributed by atoms with Crippen LogP contribution in [-0.2, 0) is 5.41 Å². The molecule has 0 bridgehead atoms. The molecule has 2 aliphatic carbocycles. The molecule has 8 nitrogen and oxygen atoms in total. The van der Waals surface area contributed by atoms with E-state index in [0.29, 0.717) is 22.9 Å². The summed E-state index contributed by atoms with van der Waals surface area (Å²) >= 11 is 0. The predicted octanol–water partition coefficient (Wildman–Crippen LogP) is 8.55. The maximum absolute atomic E-state index is 9.19. The van der Waals surface area contributed by atoms with Crippen LogP contribution >= 0.6 is 0 Å². The van der Waals surface area contributed by atoms with E-state index >= 15 is 0 Å². The Morgan fingerprint density at radius 3 is 1.59 bits per heavy atom. The molecule has 4 aromatic rings. The first-order chi connectivity index (χ1) is 18.0. The summed E-state index contributed by atoms with van der Waals surface area (Å²) in [5, 5.41) is 7.85. The summed E-state index contributed by atoms with van der Waals surface area (Å²) in [7, 11) is 3.25. The molecule has 1 spiro atoms. The molecule has 0 fully saturated rings. The van der Waals surface area contributed by atoms with Gasteiger partial charge in [-0.3, -0.25) is 0 Å². The van der Waals surface area contributed by atoms with Gasteiger partial charge in [0.2, 0.25) is 0 Å². The molecular weight excluding hydrogens is 464 g/mol. The van der Waals surface area contributed by atoms with E-state index in [4.69, 9.17) is 9.47 Å². The van der Waals surface area contributed by atoms with Crippen molar-refractivity contribution >= 4 is 11.4 Å². The number of azide groups is 2. The molecule has 0 amide bonds. The molecule has 0 saturated heterocycles. The van der Waals surface area contributed by atoms with Crippen LogP contribution in [0.4, 0.5) is 11.4 Å². The lowest BCUT2D eigenvalue weighted by Gasteiger charge is -2.31. The lowest BCUT2D eigenvalue weighted by Crippen LogP contribution is -2.26. The van der Waals surface area contributed by atoms with Gasteiger partial charge in [-0.1, -0.05) is 46.6 Å². The number of rotatable bonds is 4. The zero-order chi connectivity index (χ0) is 25.9. The third-order valence-corrected chi connectivity index (χ3v) is 7.68. The van der Waals surface area contributed by atoms with Gasteiger partial charge >= 0.3 is 0 Å². The Morgan fingerprint density at radius 2 is 1.05 bits per heavy atom. The van der Waals surface area contributed by atoms with Crippen molar-refractivity contribution in [2.24, 2.45) is 10.2 Å². The van der Waals surface area contributed by atoms with Crippen LogP contribution in [0.5, 0.6) is 11.5 Å². The van der Waals surface area contributed by atoms with Gasteiger partial charge in [0.15, 0.2) is 11.5 Å². The maximum atomic E-state index is 9.19. The molecular formula is C29H22N6O2. The summed E-state index contributed by atoms with van der Waals surface area (Å²) in [6.45, 7) is 4.22. The molecule has 0 aromatic heterocycles. The van der Waals surface area contributed by atoms with E-state index < -0.39 is 5.41 Å². The van der Waals surface area contributed by atoms with Crippen molar-refractivity contribution in [1.82, 2.24) is 0 Å². The van der Waals surface area contributed by atoms with Crippen molar-refractivity contribution < 1.29 is 9.47 Å². The molecule has 0 N–H and O–H groups in total. The smallest absolute Gasteiger partial charge is 0.161 e. The summed E-state index contributed by atoms with van der Waals surface area (Å²) in [5.41, 5.74) is 29.4. The van der Waals surface area contributed by atoms with Gasteiger partial charge in [0.25, 0.3) is 0 Å². The molecule has 4 aromatic carbocycles. The lowest BCUT2D eigenvalue weighted by atomic mass is 9.70. The van der Waals surface area contributed by atoms with Crippen molar-refractivity contribution in [1.29, 1.82) is 0 Å². The molecule has 180 valence electrons. The summed E-state index contributed by atoms with van der Waals surface area (Å²) in [6, 6.07) is 20.1. The number of methoxy groups -OCH3 is 2. The minimum Gasteiger partial charge on any atom is -0.493 e. The molecule has 0 aliphatic heterocycles. The SMILES string of the molecule is COc1cc2c(cc1OC)C1(c3cc(N=[N+]=[N-])ccc3-c3cc(C)c(C)cc31)c1cc(N=[N+]=[N-])ccc1-2. The van der Waals surface area contributed by atoms with Gasteiger partial charge in [-0.25, -0.2) is 0 Å². The molecule has 0 saturated carbocycles. The third-order valence-electron chi connectivity index (χ3n) is 7.68. The van der Waals surface area contributed by atoms with Crippen LogP contribution in [0.25, 0.3) is 43.1 Å². The fraction of sp³-hybridized carbons (Fsp3) is 0.172. The quantitative estimate of drug-likeness (QED) is 0.141. The number of benzene rings is 4. The summed E-state index contributed by atoms with van der Waals surface area (Å²) in [5.74, 6) is 1.25. The molecule has 1 atom stereocenters. The van der Waals surface area contributed by atoms with Gasteiger partial charge in [0, 0.05) is 21.2 Å². The number of hydrogen-bond donors (Lipinski definition) is 0. The van der Waals surface area contributed by atoms with Gasteiger partial charge in [0.05, 0.1) is 19.6 Å². The largest absolute Gasteiger partial charge is 0.493 e. The Balaban J connectivity index is 1.85. The number of ether oxygens (including phenoxy) is 2. The summed E-state index contributed by atoms with van der Waals surface area (Å²) in [4.78, 5) is 6.07. The Labute approximate surface area is 213 Å². The highest BCUT2D eigenvalue weighted by Crippen LogP contribution is 2.65. The highest BCUT2D eigenvalue weighted by atomic mass is 16.5. The van der Waals surface area contributed by atoms with E-state index in [2.05, 4.69) is 46.0 Å². The van der Waals surface area contributed by atoms with E-state index in [9.17, 15) is 11.1 Å². The molecule has 2 aliphatic rings. The predicted molar refractivity (Wildman–Crippen MR) is 143 cm³/mol. The minimum absolute atomic E-state index is 0.525. The van der Waals surface area contributed by atoms with Crippen LogP contribution in [0.1, 0.15) is 33.4 Å². The van der Waals surface area contributed by atoms with Crippen LogP contribution in [0.2, 0.25) is 0 Å². The molecule has 1 unspecified atom stereocenters. The lowest BCUT2D eigenvalue weighted by molar-refractivity contribution is 0.354. The molecule has 37 heavy (non-hydrogen) atoms. The van der Waals surface area contributed by atoms with Crippen molar-refractivity contribution in [3.63, 3.8) is 0 Å². The summed E-state index contributed by atoms with van der Waals surface area (Å²) < 4.78 is 11.4. The van der Waals surface area contributed by atoms with Crippen LogP contribution in [0.3, 0.4) is 0 Å². The zero-order valence-corrected chi connectivity index (χ0v) is 20.8. The monoisotopic (exact) mass is 486 g/mol. The standard InChI is InChI=1S/C29H22N6O2/c1-15-9-21-19-7-5-17(32-34-30)11-24(19)29(23(21)10-16(15)2)25-12-18(33-35-31)6-8-20(25)22-13-27(36-3)28(37-4)14-26(22)29/h5-14H,1-4H3. The first kappa shape index (κ1) is 22.6. The van der Waals surface area contributed by atoms with Crippen LogP contribution in [0.15, 0.2) is 70.9 Å². The molecule has 8 heteroatoms. The van der Waals surface area contributed by atoms with Crippen LogP contribution < -0.4 is 9.47 Å². The van der Waals surface area contributed by atoms with Gasteiger partial charge < -0.3 is 9.47 Å². The number of hydrogen-bond acceptors (Lipinski definition) is 4. The minimum atomic E-state index is -0.741. The molecule has 0 heterocycles. The van der Waals surface area contributed by atoms with Crippen molar-refractivity contribution in [3.05, 3.63) is 115 Å². The fourth-order valence-electron chi connectivity index (χ4n) is 6.01. The highest BCUT2D eigenvalue weighted by molar-refractivity contribution is 5.97. The first-order valence-corrected chi connectivity index (χ1v) is 11.8. The number of aryl methyl sites for hydroxylation is 2. The van der Waals surface area contributed by atoms with Crippen molar-refractivity contribution in [2.75, 3.05) is 14.2 Å². The Kier molecular flexibility index (Phi) is 4.92. The van der Waals surface area contributed by atoms with E-state index in [1.807, 2.05) is 48.5 Å². The average molecular weight is 487 g/mol. The van der Waals surface area contributed by atoms with Crippen LogP contribution in [0, 0.1) is 13.8 Å². The van der Waals surface area contributed by atoms with Crippen LogP contribution in [-0.4, -0.2) is 14.2 Å². The number of nitrogens with zero attached hydrogens (tertiary/aromatic N) is 6.